The topological polar surface area (TPSA) is 77.6 Å². The van der Waals surface area contributed by atoms with Gasteiger partial charge in [0.1, 0.15) is 17.1 Å². The Labute approximate surface area is 172 Å². The van der Waals surface area contributed by atoms with Gasteiger partial charge in [-0.25, -0.2) is 18.2 Å². The first-order valence-electron chi connectivity index (χ1n) is 9.72. The first-order chi connectivity index (χ1) is 14.1. The molecule has 4 rings (SSSR count). The van der Waals surface area contributed by atoms with Crippen molar-refractivity contribution in [3.05, 3.63) is 64.7 Å². The molecule has 0 saturated heterocycles. The molecule has 158 valence electrons. The summed E-state index contributed by atoms with van der Waals surface area (Å²) in [5, 5.41) is 0. The van der Waals surface area contributed by atoms with Crippen molar-refractivity contribution in [1.82, 2.24) is 4.98 Å². The lowest BCUT2D eigenvalue weighted by Gasteiger charge is -2.39. The van der Waals surface area contributed by atoms with Gasteiger partial charge in [-0.1, -0.05) is 12.1 Å². The highest BCUT2D eigenvalue weighted by Gasteiger charge is 2.62. The number of Topliss-reactive ketones (excluding diaryl/α,β-unsaturated/α-hetero) is 1. The standard InChI is InChI=1S/C22H22F3N3O2/c1-12-3-6-16(27-11-12)17(29)10-13-4-5-15(23)14(9-13)21(2)18(24)19(22(25)7-8-22)30-20(26)28-21/h3-6,9,11,18-19H,7-8,10H2,1-2H3,(H2,26,28)/t18-,19-,21+/m0/s1. The maximum Gasteiger partial charge on any atom is 0.283 e. The summed E-state index contributed by atoms with van der Waals surface area (Å²) in [5.41, 5.74) is 3.65. The number of aliphatic imine (C=N–C) groups is 1. The van der Waals surface area contributed by atoms with Crippen LogP contribution < -0.4 is 5.73 Å². The molecule has 1 saturated carbocycles. The number of nitrogens with two attached hydrogens (primary N) is 1. The van der Waals surface area contributed by atoms with E-state index < -0.39 is 29.3 Å². The van der Waals surface area contributed by atoms with Gasteiger partial charge in [0.25, 0.3) is 6.02 Å². The molecule has 30 heavy (non-hydrogen) atoms. The van der Waals surface area contributed by atoms with Crippen molar-refractivity contribution in [1.29, 1.82) is 0 Å². The van der Waals surface area contributed by atoms with E-state index in [9.17, 15) is 13.6 Å². The van der Waals surface area contributed by atoms with E-state index >= 15 is 4.39 Å². The molecule has 1 aliphatic carbocycles. The molecule has 1 aliphatic heterocycles. The predicted molar refractivity (Wildman–Crippen MR) is 105 cm³/mol. The summed E-state index contributed by atoms with van der Waals surface area (Å²) < 4.78 is 49.9. The van der Waals surface area contributed by atoms with Gasteiger partial charge in [-0.3, -0.25) is 9.78 Å². The Balaban J connectivity index is 1.66. The fourth-order valence-corrected chi connectivity index (χ4v) is 3.76. The molecule has 0 unspecified atom stereocenters. The third kappa shape index (κ3) is 3.55. The number of aromatic nitrogens is 1. The lowest BCUT2D eigenvalue weighted by atomic mass is 9.81. The summed E-state index contributed by atoms with van der Waals surface area (Å²) in [6.45, 7) is 3.22. The van der Waals surface area contributed by atoms with E-state index in [1.54, 1.807) is 18.3 Å². The maximum absolute atomic E-state index is 15.4. The number of ketones is 1. The molecule has 0 amide bonds. The first-order valence-corrected chi connectivity index (χ1v) is 9.72. The highest BCUT2D eigenvalue weighted by molar-refractivity contribution is 5.95. The van der Waals surface area contributed by atoms with Crippen molar-refractivity contribution in [3.63, 3.8) is 0 Å². The fraction of sp³-hybridized carbons (Fsp3) is 0.409. The van der Waals surface area contributed by atoms with Gasteiger partial charge in [-0.05, 0) is 56.0 Å². The van der Waals surface area contributed by atoms with Crippen LogP contribution in [0.15, 0.2) is 41.5 Å². The van der Waals surface area contributed by atoms with Crippen LogP contribution in [0.4, 0.5) is 13.2 Å². The molecule has 2 N–H and O–H groups in total. The number of halogens is 3. The zero-order valence-corrected chi connectivity index (χ0v) is 16.7. The van der Waals surface area contributed by atoms with Crippen LogP contribution in [0, 0.1) is 12.7 Å². The number of hydrogen-bond donors (Lipinski definition) is 1. The third-order valence-corrected chi connectivity index (χ3v) is 5.77. The summed E-state index contributed by atoms with van der Waals surface area (Å²) in [6, 6.07) is 6.98. The van der Waals surface area contributed by atoms with Gasteiger partial charge < -0.3 is 10.5 Å². The molecule has 2 heterocycles. The Bertz CT molecular complexity index is 1020. The van der Waals surface area contributed by atoms with E-state index in [2.05, 4.69) is 9.98 Å². The van der Waals surface area contributed by atoms with Gasteiger partial charge >= 0.3 is 0 Å². The minimum absolute atomic E-state index is 0.0530. The van der Waals surface area contributed by atoms with E-state index in [-0.39, 0.29) is 42.3 Å². The minimum atomic E-state index is -1.95. The number of benzene rings is 1. The fourth-order valence-electron chi connectivity index (χ4n) is 3.76. The van der Waals surface area contributed by atoms with Crippen LogP contribution in [0.2, 0.25) is 0 Å². The molecule has 1 aromatic carbocycles. The Kier molecular flexibility index (Phi) is 4.83. The number of rotatable bonds is 5. The van der Waals surface area contributed by atoms with E-state index in [4.69, 9.17) is 10.5 Å². The number of alkyl halides is 2. The van der Waals surface area contributed by atoms with Crippen LogP contribution in [-0.4, -0.2) is 34.7 Å². The number of amidine groups is 1. The van der Waals surface area contributed by atoms with Crippen LogP contribution >= 0.6 is 0 Å². The molecule has 1 fully saturated rings. The highest BCUT2D eigenvalue weighted by atomic mass is 19.2. The van der Waals surface area contributed by atoms with Crippen LogP contribution in [-0.2, 0) is 16.7 Å². The maximum atomic E-state index is 15.4. The minimum Gasteiger partial charge on any atom is -0.455 e. The molecule has 0 radical (unpaired) electrons. The molecule has 8 heteroatoms. The molecule has 0 bridgehead atoms. The predicted octanol–water partition coefficient (Wildman–Crippen LogP) is 3.72. The summed E-state index contributed by atoms with van der Waals surface area (Å²) in [5.74, 6) is -0.978. The molecule has 5 nitrogen and oxygen atoms in total. The van der Waals surface area contributed by atoms with Crippen molar-refractivity contribution in [3.8, 4) is 0 Å². The monoisotopic (exact) mass is 417 g/mol. The first kappa shape index (κ1) is 20.4. The number of aryl methyl sites for hydroxylation is 1. The Morgan fingerprint density at radius 1 is 1.30 bits per heavy atom. The van der Waals surface area contributed by atoms with Crippen LogP contribution in [0.5, 0.6) is 0 Å². The summed E-state index contributed by atoms with van der Waals surface area (Å²) in [6.07, 6.45) is -1.56. The second-order valence-corrected chi connectivity index (χ2v) is 8.21. The van der Waals surface area contributed by atoms with Crippen molar-refractivity contribution in [2.75, 3.05) is 0 Å². The van der Waals surface area contributed by atoms with Gasteiger partial charge in [-0.15, -0.1) is 0 Å². The van der Waals surface area contributed by atoms with E-state index in [1.807, 2.05) is 6.92 Å². The number of pyridine rings is 1. The molecule has 3 atom stereocenters. The van der Waals surface area contributed by atoms with Crippen molar-refractivity contribution in [2.45, 2.75) is 56.6 Å². The zero-order chi connectivity index (χ0) is 21.7. The van der Waals surface area contributed by atoms with Crippen molar-refractivity contribution < 1.29 is 22.7 Å². The van der Waals surface area contributed by atoms with Crippen molar-refractivity contribution >= 4 is 11.8 Å². The van der Waals surface area contributed by atoms with Gasteiger partial charge in [0.2, 0.25) is 0 Å². The average Bonchev–Trinajstić information content (AvgIpc) is 3.45. The lowest BCUT2D eigenvalue weighted by molar-refractivity contribution is -0.0388. The Morgan fingerprint density at radius 2 is 2.03 bits per heavy atom. The number of nitrogens with zero attached hydrogens (tertiary/aromatic N) is 2. The lowest BCUT2D eigenvalue weighted by Crippen LogP contribution is -2.54. The number of ether oxygens (including phenoxy) is 1. The Hall–Kier alpha value is -2.90. The van der Waals surface area contributed by atoms with Gasteiger partial charge in [-0.2, -0.15) is 0 Å². The molecular formula is C22H22F3N3O2. The second-order valence-electron chi connectivity index (χ2n) is 8.21. The highest BCUT2D eigenvalue weighted by Crippen LogP contribution is 2.51. The van der Waals surface area contributed by atoms with Gasteiger partial charge in [0.05, 0.1) is 0 Å². The third-order valence-electron chi connectivity index (χ3n) is 5.77. The second kappa shape index (κ2) is 7.11. The molecule has 0 spiro atoms. The molecular weight excluding hydrogens is 395 g/mol. The van der Waals surface area contributed by atoms with Crippen LogP contribution in [0.25, 0.3) is 0 Å². The van der Waals surface area contributed by atoms with Gasteiger partial charge in [0.15, 0.2) is 23.7 Å². The largest absolute Gasteiger partial charge is 0.455 e. The van der Waals surface area contributed by atoms with Gasteiger partial charge in [0, 0.05) is 18.2 Å². The quantitative estimate of drug-likeness (QED) is 0.753. The van der Waals surface area contributed by atoms with E-state index in [1.165, 1.54) is 19.1 Å². The van der Waals surface area contributed by atoms with Crippen LogP contribution in [0.1, 0.15) is 46.9 Å². The molecule has 2 aromatic rings. The number of carbonyl (C=O) groups excluding carboxylic acids is 1. The summed E-state index contributed by atoms with van der Waals surface area (Å²) >= 11 is 0. The van der Waals surface area contributed by atoms with E-state index in [0.717, 1.165) is 11.6 Å². The smallest absolute Gasteiger partial charge is 0.283 e. The normalized spacial score (nSPS) is 27.2. The summed E-state index contributed by atoms with van der Waals surface area (Å²) in [4.78, 5) is 20.6. The van der Waals surface area contributed by atoms with Crippen LogP contribution in [0.3, 0.4) is 0 Å². The SMILES string of the molecule is Cc1ccc(C(=O)Cc2ccc(F)c([C@@]3(C)N=C(N)O[C@H](C4(F)CC4)[C@@H]3F)c2)nc1. The number of hydrogen-bond acceptors (Lipinski definition) is 5. The molecule has 1 aromatic heterocycles. The Morgan fingerprint density at radius 3 is 2.67 bits per heavy atom. The van der Waals surface area contributed by atoms with E-state index in [0.29, 0.717) is 5.56 Å². The molecule has 2 aliphatic rings. The van der Waals surface area contributed by atoms with Crippen molar-refractivity contribution in [2.24, 2.45) is 10.7 Å². The number of carbonyl (C=O) groups is 1. The average molecular weight is 417 g/mol. The zero-order valence-electron chi connectivity index (χ0n) is 16.7. The summed E-state index contributed by atoms with van der Waals surface area (Å²) in [7, 11) is 0.